The number of carbonyl (C=O) groups is 1. The molecule has 0 atom stereocenters. The molecule has 2 rings (SSSR count). The average Bonchev–Trinajstić information content (AvgIpc) is 2.46. The maximum Gasteiger partial charge on any atom is 0.264 e. The van der Waals surface area contributed by atoms with Crippen LogP contribution in [0.4, 0.5) is 5.95 Å². The number of anilines is 1. The van der Waals surface area contributed by atoms with Crippen molar-refractivity contribution in [3.8, 4) is 5.75 Å². The number of rotatable bonds is 4. The second-order valence-electron chi connectivity index (χ2n) is 5.80. The highest BCUT2D eigenvalue weighted by Crippen LogP contribution is 2.31. The molecule has 0 fully saturated rings. The molecule has 22 heavy (non-hydrogen) atoms. The molecule has 116 valence electrons. The number of amides is 1. The number of carbonyl (C=O) groups excluding carboxylic acids is 1. The van der Waals surface area contributed by atoms with Crippen molar-refractivity contribution in [1.29, 1.82) is 0 Å². The van der Waals surface area contributed by atoms with Gasteiger partial charge >= 0.3 is 0 Å². The number of nitrogens with one attached hydrogen (secondary N) is 1. The van der Waals surface area contributed by atoms with Gasteiger partial charge in [0.1, 0.15) is 5.75 Å². The zero-order chi connectivity index (χ0) is 16.2. The summed E-state index contributed by atoms with van der Waals surface area (Å²) in [5.41, 5.74) is 1.25. The molecule has 1 N–H and O–H groups in total. The number of benzene rings is 1. The van der Waals surface area contributed by atoms with Crippen LogP contribution in [0.15, 0.2) is 41.1 Å². The summed E-state index contributed by atoms with van der Waals surface area (Å²) in [6.45, 7) is 6.32. The Bertz CT molecular complexity index is 654. The van der Waals surface area contributed by atoms with Gasteiger partial charge in [0.15, 0.2) is 6.61 Å². The molecule has 1 aromatic carbocycles. The molecule has 0 aliphatic heterocycles. The van der Waals surface area contributed by atoms with Crippen molar-refractivity contribution >= 4 is 27.8 Å². The van der Waals surface area contributed by atoms with E-state index in [0.29, 0.717) is 5.75 Å². The number of hydrogen-bond donors (Lipinski definition) is 1. The molecule has 0 saturated heterocycles. The molecule has 2 aromatic rings. The van der Waals surface area contributed by atoms with Crippen LogP contribution in [0.2, 0.25) is 0 Å². The molecule has 0 unspecified atom stereocenters. The summed E-state index contributed by atoms with van der Waals surface area (Å²) < 4.78 is 6.35. The number of halogens is 1. The Morgan fingerprint density at radius 1 is 1.27 bits per heavy atom. The van der Waals surface area contributed by atoms with Gasteiger partial charge in [-0.15, -0.1) is 0 Å². The van der Waals surface area contributed by atoms with Gasteiger partial charge in [-0.25, -0.2) is 9.97 Å². The van der Waals surface area contributed by atoms with Gasteiger partial charge < -0.3 is 4.74 Å². The van der Waals surface area contributed by atoms with E-state index in [0.717, 1.165) is 4.47 Å². The van der Waals surface area contributed by atoms with Crippen molar-refractivity contribution in [2.24, 2.45) is 0 Å². The zero-order valence-corrected chi connectivity index (χ0v) is 14.3. The fraction of sp³-hybridized carbons (Fsp3) is 0.312. The average molecular weight is 364 g/mol. The van der Waals surface area contributed by atoms with Crippen LogP contribution in [0, 0.1) is 0 Å². The monoisotopic (exact) mass is 363 g/mol. The van der Waals surface area contributed by atoms with E-state index in [9.17, 15) is 4.79 Å². The number of hydrogen-bond acceptors (Lipinski definition) is 4. The van der Waals surface area contributed by atoms with E-state index >= 15 is 0 Å². The van der Waals surface area contributed by atoms with Gasteiger partial charge in [0.05, 0.1) is 4.47 Å². The predicted octanol–water partition coefficient (Wildman–Crippen LogP) is 3.55. The summed E-state index contributed by atoms with van der Waals surface area (Å²) in [6.07, 6.45) is 3.12. The first-order valence-electron chi connectivity index (χ1n) is 6.86. The van der Waals surface area contributed by atoms with Gasteiger partial charge in [0.2, 0.25) is 5.95 Å². The van der Waals surface area contributed by atoms with Crippen LogP contribution in [0.3, 0.4) is 0 Å². The normalized spacial score (nSPS) is 11.1. The molecular formula is C16H18BrN3O2. The molecule has 0 bridgehead atoms. The first kappa shape index (κ1) is 16.4. The molecule has 5 nitrogen and oxygen atoms in total. The Morgan fingerprint density at radius 3 is 2.55 bits per heavy atom. The Labute approximate surface area is 138 Å². The summed E-state index contributed by atoms with van der Waals surface area (Å²) in [6, 6.07) is 7.54. The van der Waals surface area contributed by atoms with Crippen LogP contribution in [-0.2, 0) is 10.2 Å². The largest absolute Gasteiger partial charge is 0.483 e. The van der Waals surface area contributed by atoms with Gasteiger partial charge in [0, 0.05) is 12.4 Å². The van der Waals surface area contributed by atoms with Crippen LogP contribution in [0.25, 0.3) is 0 Å². The van der Waals surface area contributed by atoms with Crippen molar-refractivity contribution in [2.75, 3.05) is 11.9 Å². The van der Waals surface area contributed by atoms with E-state index in [-0.39, 0.29) is 23.9 Å². The highest BCUT2D eigenvalue weighted by molar-refractivity contribution is 9.10. The molecule has 0 saturated carbocycles. The molecule has 1 amide bonds. The maximum atomic E-state index is 11.8. The number of aromatic nitrogens is 2. The van der Waals surface area contributed by atoms with Gasteiger partial charge in [-0.3, -0.25) is 10.1 Å². The van der Waals surface area contributed by atoms with Crippen LogP contribution in [-0.4, -0.2) is 22.5 Å². The maximum absolute atomic E-state index is 11.8. The fourth-order valence-corrected chi connectivity index (χ4v) is 2.25. The Balaban J connectivity index is 1.96. The SMILES string of the molecule is CC(C)(C)c1ccc(OCC(=O)Nc2ncccn2)c(Br)c1. The van der Waals surface area contributed by atoms with E-state index in [4.69, 9.17) is 4.74 Å². The second-order valence-corrected chi connectivity index (χ2v) is 6.66. The minimum atomic E-state index is -0.307. The van der Waals surface area contributed by atoms with Gasteiger partial charge in [-0.2, -0.15) is 0 Å². The third-order valence-corrected chi connectivity index (χ3v) is 3.59. The van der Waals surface area contributed by atoms with Crippen molar-refractivity contribution < 1.29 is 9.53 Å². The lowest BCUT2D eigenvalue weighted by Gasteiger charge is -2.20. The van der Waals surface area contributed by atoms with E-state index in [1.54, 1.807) is 18.5 Å². The smallest absolute Gasteiger partial charge is 0.264 e. The molecule has 1 heterocycles. The van der Waals surface area contributed by atoms with Gasteiger partial charge in [0.25, 0.3) is 5.91 Å². The van der Waals surface area contributed by atoms with Crippen LogP contribution in [0.5, 0.6) is 5.75 Å². The predicted molar refractivity (Wildman–Crippen MR) is 89.0 cm³/mol. The molecule has 6 heteroatoms. The van der Waals surface area contributed by atoms with Crippen molar-refractivity contribution in [1.82, 2.24) is 9.97 Å². The minimum absolute atomic E-state index is 0.0586. The molecule has 0 aliphatic rings. The lowest BCUT2D eigenvalue weighted by molar-refractivity contribution is -0.118. The summed E-state index contributed by atoms with van der Waals surface area (Å²) >= 11 is 3.48. The standard InChI is InChI=1S/C16H18BrN3O2/c1-16(2,3)11-5-6-13(12(17)9-11)22-10-14(21)20-15-18-7-4-8-19-15/h4-9H,10H2,1-3H3,(H,18,19,20,21). The van der Waals surface area contributed by atoms with Gasteiger partial charge in [-0.1, -0.05) is 26.8 Å². The second kappa shape index (κ2) is 6.87. The minimum Gasteiger partial charge on any atom is -0.483 e. The molecule has 0 spiro atoms. The Kier molecular flexibility index (Phi) is 5.13. The van der Waals surface area contributed by atoms with Crippen molar-refractivity contribution in [3.63, 3.8) is 0 Å². The molecule has 1 aromatic heterocycles. The zero-order valence-electron chi connectivity index (χ0n) is 12.8. The molecular weight excluding hydrogens is 346 g/mol. The Hall–Kier alpha value is -1.95. The summed E-state index contributed by atoms with van der Waals surface area (Å²) in [5.74, 6) is 0.577. The topological polar surface area (TPSA) is 64.1 Å². The third kappa shape index (κ3) is 4.53. The van der Waals surface area contributed by atoms with E-state index in [1.807, 2.05) is 18.2 Å². The molecule has 0 radical (unpaired) electrons. The third-order valence-electron chi connectivity index (χ3n) is 2.97. The van der Waals surface area contributed by atoms with Gasteiger partial charge in [-0.05, 0) is 45.1 Å². The van der Waals surface area contributed by atoms with E-state index in [2.05, 4.69) is 52.0 Å². The van der Waals surface area contributed by atoms with Crippen LogP contribution in [0.1, 0.15) is 26.3 Å². The van der Waals surface area contributed by atoms with Crippen LogP contribution < -0.4 is 10.1 Å². The molecule has 0 aliphatic carbocycles. The quantitative estimate of drug-likeness (QED) is 0.901. The number of ether oxygens (including phenoxy) is 1. The number of nitrogens with zero attached hydrogens (tertiary/aromatic N) is 2. The Morgan fingerprint density at radius 2 is 1.95 bits per heavy atom. The highest BCUT2D eigenvalue weighted by Gasteiger charge is 2.15. The first-order valence-corrected chi connectivity index (χ1v) is 7.65. The van der Waals surface area contributed by atoms with Crippen molar-refractivity contribution in [2.45, 2.75) is 26.2 Å². The first-order chi connectivity index (χ1) is 10.4. The fourth-order valence-electron chi connectivity index (χ4n) is 1.75. The van der Waals surface area contributed by atoms with Crippen LogP contribution >= 0.6 is 15.9 Å². The summed E-state index contributed by atoms with van der Waals surface area (Å²) in [7, 11) is 0. The van der Waals surface area contributed by atoms with Crippen molar-refractivity contribution in [3.05, 3.63) is 46.7 Å². The lowest BCUT2D eigenvalue weighted by atomic mass is 9.87. The van der Waals surface area contributed by atoms with E-state index in [1.165, 1.54) is 5.56 Å². The lowest BCUT2D eigenvalue weighted by Crippen LogP contribution is -2.21. The summed E-state index contributed by atoms with van der Waals surface area (Å²) in [5, 5.41) is 2.57. The summed E-state index contributed by atoms with van der Waals surface area (Å²) in [4.78, 5) is 19.6. The highest BCUT2D eigenvalue weighted by atomic mass is 79.9. The van der Waals surface area contributed by atoms with E-state index < -0.39 is 0 Å².